The number of hydrogen-bond donors (Lipinski definition) is 0. The van der Waals surface area contributed by atoms with Crippen LogP contribution in [0.1, 0.15) is 58.1 Å². The van der Waals surface area contributed by atoms with Crippen LogP contribution in [0, 0.1) is 0 Å². The molecule has 0 aliphatic heterocycles. The van der Waals surface area contributed by atoms with Crippen LogP contribution >= 0.6 is 0 Å². The van der Waals surface area contributed by atoms with Gasteiger partial charge in [0.25, 0.3) is 8.32 Å². The van der Waals surface area contributed by atoms with Crippen LogP contribution in [0.15, 0.2) is 103 Å². The number of hydrogen-bond acceptors (Lipinski definition) is 3. The summed E-state index contributed by atoms with van der Waals surface area (Å²) in [5.41, 5.74) is 2.51. The minimum atomic E-state index is -2.46. The van der Waals surface area contributed by atoms with Crippen molar-refractivity contribution in [2.75, 3.05) is 13.2 Å². The Hall–Kier alpha value is -3.21. The van der Waals surface area contributed by atoms with E-state index in [9.17, 15) is 4.79 Å². The molecule has 3 aromatic rings. The summed E-state index contributed by atoms with van der Waals surface area (Å²) in [7, 11) is -2.46. The molecule has 200 valence electrons. The summed E-state index contributed by atoms with van der Waals surface area (Å²) in [6.07, 6.45) is 11.4. The van der Waals surface area contributed by atoms with Crippen LogP contribution in [0.3, 0.4) is 0 Å². The van der Waals surface area contributed by atoms with Gasteiger partial charge in [0.05, 0.1) is 6.61 Å². The molecule has 0 radical (unpaired) electrons. The molecule has 0 N–H and O–H groups in total. The van der Waals surface area contributed by atoms with Gasteiger partial charge < -0.3 is 9.16 Å². The predicted octanol–water partition coefficient (Wildman–Crippen LogP) is 7.11. The summed E-state index contributed by atoms with van der Waals surface area (Å²) < 4.78 is 12.0. The highest BCUT2D eigenvalue weighted by atomic mass is 28.4. The van der Waals surface area contributed by atoms with E-state index in [0.29, 0.717) is 6.61 Å². The lowest BCUT2D eigenvalue weighted by molar-refractivity contribution is -0.137. The molecule has 0 amide bonds. The number of ether oxygens (including phenoxy) is 1. The van der Waals surface area contributed by atoms with Crippen LogP contribution in [0.4, 0.5) is 0 Å². The minimum Gasteiger partial charge on any atom is -0.463 e. The molecule has 3 aromatic carbocycles. The molecule has 3 nitrogen and oxygen atoms in total. The Labute approximate surface area is 230 Å². The lowest BCUT2D eigenvalue weighted by atomic mass is 10.0. The van der Waals surface area contributed by atoms with Gasteiger partial charge in [-0.3, -0.25) is 0 Å². The molecule has 0 unspecified atom stereocenters. The highest BCUT2D eigenvalue weighted by molar-refractivity contribution is 6.99. The predicted molar refractivity (Wildman–Crippen MR) is 162 cm³/mol. The van der Waals surface area contributed by atoms with Crippen molar-refractivity contribution in [3.05, 3.63) is 114 Å². The van der Waals surface area contributed by atoms with E-state index in [2.05, 4.69) is 112 Å². The summed E-state index contributed by atoms with van der Waals surface area (Å²) in [6, 6.07) is 30.1. The van der Waals surface area contributed by atoms with Gasteiger partial charge in [-0.15, -0.1) is 0 Å². The number of allylic oxidation sites excluding steroid dienone is 2. The maximum atomic E-state index is 11.5. The van der Waals surface area contributed by atoms with E-state index < -0.39 is 8.32 Å². The second-order valence-electron chi connectivity index (χ2n) is 10.5. The molecule has 0 fully saturated rings. The van der Waals surface area contributed by atoms with Gasteiger partial charge in [0.15, 0.2) is 0 Å². The Balaban J connectivity index is 1.61. The van der Waals surface area contributed by atoms with Gasteiger partial charge in [-0.1, -0.05) is 130 Å². The Morgan fingerprint density at radius 1 is 0.789 bits per heavy atom. The second-order valence-corrected chi connectivity index (χ2v) is 14.8. The molecule has 0 spiro atoms. The Morgan fingerprint density at radius 2 is 1.39 bits per heavy atom. The highest BCUT2D eigenvalue weighted by Gasteiger charge is 2.49. The lowest BCUT2D eigenvalue weighted by Gasteiger charge is -2.43. The molecule has 0 atom stereocenters. The number of carbonyl (C=O) groups is 1. The van der Waals surface area contributed by atoms with Gasteiger partial charge in [-0.2, -0.15) is 0 Å². The first-order valence-corrected chi connectivity index (χ1v) is 15.6. The van der Waals surface area contributed by atoms with Crippen LogP contribution in [0.25, 0.3) is 6.08 Å². The van der Waals surface area contributed by atoms with Crippen LogP contribution in [-0.2, 0) is 20.4 Å². The average molecular weight is 527 g/mol. The zero-order valence-corrected chi connectivity index (χ0v) is 24.4. The maximum absolute atomic E-state index is 11.5. The monoisotopic (exact) mass is 526 g/mol. The van der Waals surface area contributed by atoms with Crippen LogP contribution in [-0.4, -0.2) is 27.5 Å². The molecule has 0 aromatic heterocycles. The third kappa shape index (κ3) is 7.89. The molecular weight excluding hydrogens is 484 g/mol. The van der Waals surface area contributed by atoms with Crippen molar-refractivity contribution in [1.29, 1.82) is 0 Å². The molecule has 0 aliphatic carbocycles. The van der Waals surface area contributed by atoms with E-state index in [0.717, 1.165) is 32.3 Å². The van der Waals surface area contributed by atoms with E-state index in [1.54, 1.807) is 13.0 Å². The summed E-state index contributed by atoms with van der Waals surface area (Å²) in [6.45, 7) is 9.92. The number of esters is 1. The largest absolute Gasteiger partial charge is 0.463 e. The van der Waals surface area contributed by atoms with Crippen LogP contribution in [0.2, 0.25) is 5.04 Å². The molecule has 3 rings (SSSR count). The summed E-state index contributed by atoms with van der Waals surface area (Å²) >= 11 is 0. The molecule has 38 heavy (non-hydrogen) atoms. The molecule has 4 heteroatoms. The van der Waals surface area contributed by atoms with Crippen molar-refractivity contribution in [3.8, 4) is 0 Å². The van der Waals surface area contributed by atoms with Crippen molar-refractivity contribution in [2.45, 2.75) is 58.4 Å². The SMILES string of the molecule is CCOC(=O)/C=C/C=C/c1ccccc1CCCCCO[Si](c1ccccc1)(c1ccccc1)C(C)(C)C. The van der Waals surface area contributed by atoms with E-state index in [1.165, 1.54) is 27.6 Å². The molecular formula is C34H42O3Si. The average Bonchev–Trinajstić information content (AvgIpc) is 2.92. The molecule has 0 saturated heterocycles. The van der Waals surface area contributed by atoms with Gasteiger partial charge in [0, 0.05) is 12.7 Å². The van der Waals surface area contributed by atoms with Crippen molar-refractivity contribution in [1.82, 2.24) is 0 Å². The summed E-state index contributed by atoms with van der Waals surface area (Å²) in [5, 5.41) is 2.66. The van der Waals surface area contributed by atoms with E-state index in [4.69, 9.17) is 9.16 Å². The molecule has 0 aliphatic rings. The summed E-state index contributed by atoms with van der Waals surface area (Å²) in [4.78, 5) is 11.5. The zero-order valence-electron chi connectivity index (χ0n) is 23.4. The van der Waals surface area contributed by atoms with Crippen LogP contribution < -0.4 is 10.4 Å². The topological polar surface area (TPSA) is 35.5 Å². The number of carbonyl (C=O) groups excluding carboxylic acids is 1. The molecule has 0 bridgehead atoms. The number of unbranched alkanes of at least 4 members (excludes halogenated alkanes) is 2. The first kappa shape index (κ1) is 29.3. The van der Waals surface area contributed by atoms with Crippen molar-refractivity contribution < 1.29 is 14.0 Å². The molecule has 0 saturated carbocycles. The van der Waals surface area contributed by atoms with Gasteiger partial charge in [-0.05, 0) is 52.7 Å². The maximum Gasteiger partial charge on any atom is 0.330 e. The fraction of sp³-hybridized carbons (Fsp3) is 0.324. The molecule has 0 heterocycles. The lowest BCUT2D eigenvalue weighted by Crippen LogP contribution is -2.66. The van der Waals surface area contributed by atoms with E-state index in [-0.39, 0.29) is 11.0 Å². The van der Waals surface area contributed by atoms with Crippen molar-refractivity contribution in [2.24, 2.45) is 0 Å². The van der Waals surface area contributed by atoms with Crippen LogP contribution in [0.5, 0.6) is 0 Å². The van der Waals surface area contributed by atoms with Gasteiger partial charge in [-0.25, -0.2) is 4.79 Å². The first-order chi connectivity index (χ1) is 18.4. The Kier molecular flexibility index (Phi) is 11.3. The number of aryl methyl sites for hydroxylation is 1. The van der Waals surface area contributed by atoms with E-state index >= 15 is 0 Å². The standard InChI is InChI=1S/C34H42O3Si/c1-5-36-33(35)27-17-16-22-30-21-15-14-20-29(30)19-9-8-18-28-37-38(34(2,3)4,31-23-10-6-11-24-31)32-25-12-7-13-26-32/h6-7,10-17,20-27H,5,8-9,18-19,28H2,1-4H3/b22-16+,27-17+. The fourth-order valence-corrected chi connectivity index (χ4v) is 9.60. The zero-order chi connectivity index (χ0) is 27.3. The highest BCUT2D eigenvalue weighted by Crippen LogP contribution is 2.36. The quantitative estimate of drug-likeness (QED) is 0.0783. The first-order valence-electron chi connectivity index (χ1n) is 13.7. The number of rotatable bonds is 13. The third-order valence-corrected chi connectivity index (χ3v) is 11.8. The summed E-state index contributed by atoms with van der Waals surface area (Å²) in [5.74, 6) is -0.314. The van der Waals surface area contributed by atoms with Gasteiger partial charge in [0.1, 0.15) is 0 Å². The van der Waals surface area contributed by atoms with E-state index in [1.807, 2.05) is 6.08 Å². The van der Waals surface area contributed by atoms with Crippen molar-refractivity contribution in [3.63, 3.8) is 0 Å². The Morgan fingerprint density at radius 3 is 2.00 bits per heavy atom. The van der Waals surface area contributed by atoms with Gasteiger partial charge in [0.2, 0.25) is 0 Å². The van der Waals surface area contributed by atoms with Gasteiger partial charge >= 0.3 is 5.97 Å². The third-order valence-electron chi connectivity index (χ3n) is 6.79. The normalized spacial score (nSPS) is 12.3. The van der Waals surface area contributed by atoms with Crippen molar-refractivity contribution >= 4 is 30.7 Å². The smallest absolute Gasteiger partial charge is 0.330 e. The Bertz CT molecular complexity index is 1140. The second kappa shape index (κ2) is 14.7. The minimum absolute atomic E-state index is 0.00268. The fourth-order valence-electron chi connectivity index (χ4n) is 4.99. The number of benzene rings is 3.